The first-order chi connectivity index (χ1) is 14.4. The SMILES string of the molecule is COc1cc(C=NNC(=O)CCC(=O)NN=Cc2ccc(O)c(OC)c2)ccc1O. The van der Waals surface area contributed by atoms with Gasteiger partial charge >= 0.3 is 0 Å². The number of ether oxygens (including phenoxy) is 2. The summed E-state index contributed by atoms with van der Waals surface area (Å²) in [6.07, 6.45) is 2.61. The van der Waals surface area contributed by atoms with E-state index < -0.39 is 11.8 Å². The van der Waals surface area contributed by atoms with Crippen LogP contribution >= 0.6 is 0 Å². The van der Waals surface area contributed by atoms with Crippen LogP contribution in [0.25, 0.3) is 0 Å². The summed E-state index contributed by atoms with van der Waals surface area (Å²) < 4.78 is 9.97. The van der Waals surface area contributed by atoms with Crippen LogP contribution in [-0.2, 0) is 9.59 Å². The number of aromatic hydroxyl groups is 2. The lowest BCUT2D eigenvalue weighted by Gasteiger charge is -2.04. The van der Waals surface area contributed by atoms with Crippen LogP contribution in [0.3, 0.4) is 0 Å². The normalized spacial score (nSPS) is 10.9. The van der Waals surface area contributed by atoms with Crippen LogP contribution in [0.15, 0.2) is 46.6 Å². The summed E-state index contributed by atoms with van der Waals surface area (Å²) in [5.74, 6) is -0.325. The highest BCUT2D eigenvalue weighted by Gasteiger charge is 2.06. The van der Waals surface area contributed by atoms with Crippen molar-refractivity contribution >= 4 is 24.2 Å². The molecule has 30 heavy (non-hydrogen) atoms. The molecule has 0 atom stereocenters. The van der Waals surface area contributed by atoms with Gasteiger partial charge in [0.25, 0.3) is 0 Å². The van der Waals surface area contributed by atoms with Crippen molar-refractivity contribution in [1.29, 1.82) is 0 Å². The van der Waals surface area contributed by atoms with E-state index in [-0.39, 0.29) is 35.8 Å². The van der Waals surface area contributed by atoms with Gasteiger partial charge in [-0.1, -0.05) is 0 Å². The number of hydrogen-bond acceptors (Lipinski definition) is 8. The summed E-state index contributed by atoms with van der Waals surface area (Å²) >= 11 is 0. The Morgan fingerprint density at radius 1 is 0.833 bits per heavy atom. The zero-order chi connectivity index (χ0) is 21.9. The molecule has 0 aliphatic heterocycles. The third kappa shape index (κ3) is 6.82. The summed E-state index contributed by atoms with van der Waals surface area (Å²) in [4.78, 5) is 23.5. The first-order valence-electron chi connectivity index (χ1n) is 8.80. The number of hydrazone groups is 2. The Balaban J connectivity index is 1.74. The van der Waals surface area contributed by atoms with E-state index in [1.54, 1.807) is 24.3 Å². The predicted molar refractivity (Wildman–Crippen MR) is 110 cm³/mol. The van der Waals surface area contributed by atoms with Crippen molar-refractivity contribution in [3.05, 3.63) is 47.5 Å². The van der Waals surface area contributed by atoms with Gasteiger partial charge < -0.3 is 19.7 Å². The first kappa shape index (κ1) is 22.2. The van der Waals surface area contributed by atoms with E-state index >= 15 is 0 Å². The summed E-state index contributed by atoms with van der Waals surface area (Å²) in [5.41, 5.74) is 5.85. The summed E-state index contributed by atoms with van der Waals surface area (Å²) in [6.45, 7) is 0. The summed E-state index contributed by atoms with van der Waals surface area (Å²) in [5, 5.41) is 26.6. The van der Waals surface area contributed by atoms with Crippen molar-refractivity contribution < 1.29 is 29.3 Å². The summed E-state index contributed by atoms with van der Waals surface area (Å²) in [6, 6.07) is 9.20. The molecule has 10 heteroatoms. The van der Waals surface area contributed by atoms with E-state index in [1.165, 1.54) is 38.8 Å². The van der Waals surface area contributed by atoms with Gasteiger partial charge in [0, 0.05) is 12.8 Å². The van der Waals surface area contributed by atoms with E-state index in [1.807, 2.05) is 0 Å². The fourth-order valence-electron chi connectivity index (χ4n) is 2.25. The standard InChI is InChI=1S/C20H22N4O6/c1-29-17-9-13(3-5-15(17)25)11-21-23-19(27)7-8-20(28)24-22-12-14-4-6-16(26)18(10-14)30-2/h3-6,9-12,25-26H,7-8H2,1-2H3,(H,23,27)(H,24,28). The van der Waals surface area contributed by atoms with Crippen molar-refractivity contribution in [1.82, 2.24) is 10.9 Å². The van der Waals surface area contributed by atoms with Crippen LogP contribution in [0, 0.1) is 0 Å². The molecule has 0 saturated heterocycles. The molecule has 0 bridgehead atoms. The van der Waals surface area contributed by atoms with Gasteiger partial charge in [-0.05, 0) is 47.5 Å². The van der Waals surface area contributed by atoms with Gasteiger partial charge in [-0.3, -0.25) is 9.59 Å². The Bertz CT molecular complexity index is 881. The number of nitrogens with zero attached hydrogens (tertiary/aromatic N) is 2. The number of amides is 2. The van der Waals surface area contributed by atoms with E-state index in [4.69, 9.17) is 9.47 Å². The average Bonchev–Trinajstić information content (AvgIpc) is 2.74. The van der Waals surface area contributed by atoms with Crippen molar-refractivity contribution in [2.24, 2.45) is 10.2 Å². The molecule has 0 aromatic heterocycles. The van der Waals surface area contributed by atoms with Crippen molar-refractivity contribution in [3.63, 3.8) is 0 Å². The van der Waals surface area contributed by atoms with Crippen LogP contribution in [-0.4, -0.2) is 48.7 Å². The first-order valence-corrected chi connectivity index (χ1v) is 8.80. The van der Waals surface area contributed by atoms with E-state index in [2.05, 4.69) is 21.1 Å². The molecule has 2 amide bonds. The Hall–Kier alpha value is -4.08. The number of benzene rings is 2. The zero-order valence-corrected chi connectivity index (χ0v) is 16.5. The van der Waals surface area contributed by atoms with Crippen LogP contribution in [0.5, 0.6) is 23.0 Å². The smallest absolute Gasteiger partial charge is 0.240 e. The van der Waals surface area contributed by atoms with Gasteiger partial charge in [0.1, 0.15) is 0 Å². The van der Waals surface area contributed by atoms with Crippen LogP contribution in [0.2, 0.25) is 0 Å². The second-order valence-corrected chi connectivity index (χ2v) is 5.95. The molecule has 0 aliphatic carbocycles. The predicted octanol–water partition coefficient (Wildman–Crippen LogP) is 1.50. The molecule has 0 aliphatic rings. The lowest BCUT2D eigenvalue weighted by atomic mass is 10.2. The third-order valence-electron chi connectivity index (χ3n) is 3.79. The second kappa shape index (κ2) is 11.1. The quantitative estimate of drug-likeness (QED) is 0.362. The highest BCUT2D eigenvalue weighted by Crippen LogP contribution is 2.26. The molecule has 2 aromatic carbocycles. The van der Waals surface area contributed by atoms with Crippen LogP contribution in [0.1, 0.15) is 24.0 Å². The molecular weight excluding hydrogens is 392 g/mol. The molecule has 2 rings (SSSR count). The number of rotatable bonds is 9. The molecule has 0 unspecified atom stereocenters. The van der Waals surface area contributed by atoms with Gasteiger partial charge in [-0.15, -0.1) is 0 Å². The maximum atomic E-state index is 11.8. The number of methoxy groups -OCH3 is 2. The molecule has 0 fully saturated rings. The van der Waals surface area contributed by atoms with Crippen molar-refractivity contribution in [2.75, 3.05) is 14.2 Å². The number of carbonyl (C=O) groups excluding carboxylic acids is 2. The van der Waals surface area contributed by atoms with E-state index in [0.717, 1.165) is 0 Å². The largest absolute Gasteiger partial charge is 0.504 e. The maximum absolute atomic E-state index is 11.8. The molecule has 10 nitrogen and oxygen atoms in total. The minimum absolute atomic E-state index is 0.00286. The van der Waals surface area contributed by atoms with Crippen LogP contribution < -0.4 is 20.3 Å². The highest BCUT2D eigenvalue weighted by atomic mass is 16.5. The molecule has 2 aromatic rings. The average molecular weight is 414 g/mol. The Kier molecular flexibility index (Phi) is 8.18. The number of hydrogen-bond donors (Lipinski definition) is 4. The number of phenolic OH excluding ortho intramolecular Hbond substituents is 2. The topological polar surface area (TPSA) is 142 Å². The number of carbonyl (C=O) groups is 2. The molecule has 0 heterocycles. The van der Waals surface area contributed by atoms with Gasteiger partial charge in [0.05, 0.1) is 26.6 Å². The van der Waals surface area contributed by atoms with Gasteiger partial charge in [0.2, 0.25) is 11.8 Å². The lowest BCUT2D eigenvalue weighted by Crippen LogP contribution is -2.22. The molecule has 0 radical (unpaired) electrons. The lowest BCUT2D eigenvalue weighted by molar-refractivity contribution is -0.126. The van der Waals surface area contributed by atoms with Crippen LogP contribution in [0.4, 0.5) is 0 Å². The van der Waals surface area contributed by atoms with Crippen molar-refractivity contribution in [2.45, 2.75) is 12.8 Å². The van der Waals surface area contributed by atoms with E-state index in [0.29, 0.717) is 11.1 Å². The molecule has 0 spiro atoms. The molecular formula is C20H22N4O6. The Morgan fingerprint density at radius 3 is 1.60 bits per heavy atom. The third-order valence-corrected chi connectivity index (χ3v) is 3.79. The maximum Gasteiger partial charge on any atom is 0.240 e. The minimum Gasteiger partial charge on any atom is -0.504 e. The second-order valence-electron chi connectivity index (χ2n) is 5.95. The highest BCUT2D eigenvalue weighted by molar-refractivity contribution is 5.87. The minimum atomic E-state index is -0.445. The summed E-state index contributed by atoms with van der Waals surface area (Å²) in [7, 11) is 2.85. The molecule has 4 N–H and O–H groups in total. The Labute approximate surface area is 172 Å². The fourth-order valence-corrected chi connectivity index (χ4v) is 2.25. The Morgan fingerprint density at radius 2 is 1.23 bits per heavy atom. The zero-order valence-electron chi connectivity index (χ0n) is 16.5. The fraction of sp³-hybridized carbons (Fsp3) is 0.200. The molecule has 0 saturated carbocycles. The van der Waals surface area contributed by atoms with Gasteiger partial charge in [0.15, 0.2) is 23.0 Å². The monoisotopic (exact) mass is 414 g/mol. The van der Waals surface area contributed by atoms with E-state index in [9.17, 15) is 19.8 Å². The van der Waals surface area contributed by atoms with Gasteiger partial charge in [-0.25, -0.2) is 10.9 Å². The number of phenols is 2. The molecule has 158 valence electrons. The van der Waals surface area contributed by atoms with Gasteiger partial charge in [-0.2, -0.15) is 10.2 Å². The van der Waals surface area contributed by atoms with Crippen molar-refractivity contribution in [3.8, 4) is 23.0 Å². The number of nitrogens with one attached hydrogen (secondary N) is 2.